The van der Waals surface area contributed by atoms with Crippen LogP contribution in [-0.4, -0.2) is 23.9 Å². The van der Waals surface area contributed by atoms with Crippen LogP contribution in [0.3, 0.4) is 0 Å². The van der Waals surface area contributed by atoms with E-state index < -0.39 is 0 Å². The first kappa shape index (κ1) is 27.4. The average Bonchev–Trinajstić information content (AvgIpc) is 3.26. The lowest BCUT2D eigenvalue weighted by molar-refractivity contribution is -0.0872. The van der Waals surface area contributed by atoms with E-state index in [0.717, 1.165) is 44.9 Å². The summed E-state index contributed by atoms with van der Waals surface area (Å²) in [6.45, 7) is 4.27. The fourth-order valence-corrected chi connectivity index (χ4v) is 4.89. The van der Waals surface area contributed by atoms with Gasteiger partial charge in [-0.1, -0.05) is 121 Å². The van der Waals surface area contributed by atoms with Crippen molar-refractivity contribution in [1.82, 2.24) is 4.57 Å². The van der Waals surface area contributed by atoms with Crippen molar-refractivity contribution in [3.05, 3.63) is 138 Å². The van der Waals surface area contributed by atoms with Gasteiger partial charge in [0.2, 0.25) is 0 Å². The maximum Gasteiger partial charge on any atom is 0.123 e. The van der Waals surface area contributed by atoms with Crippen LogP contribution in [0, 0.1) is 6.92 Å². The molecule has 0 radical (unpaired) electrons. The molecular formula is C35H36N2O3. The van der Waals surface area contributed by atoms with Crippen LogP contribution in [-0.2, 0) is 34.2 Å². The molecule has 0 spiro atoms. The number of benzene rings is 4. The number of ether oxygens (including phenoxy) is 3. The zero-order valence-corrected chi connectivity index (χ0v) is 22.9. The highest BCUT2D eigenvalue weighted by molar-refractivity contribution is 5.90. The number of hydrogen-bond donors (Lipinski definition) is 1. The Morgan fingerprint density at radius 2 is 1.07 bits per heavy atom. The SMILES string of the molecule is Cc1c(-c2ccccc2)c(N)c(-c2ccccc2)n1COC(COCc1ccccc1)COCc1ccccc1. The lowest BCUT2D eigenvalue weighted by Gasteiger charge is -2.21. The van der Waals surface area contributed by atoms with Crippen LogP contribution in [0.15, 0.2) is 121 Å². The third-order valence-electron chi connectivity index (χ3n) is 6.94. The number of hydrogen-bond acceptors (Lipinski definition) is 4. The van der Waals surface area contributed by atoms with Crippen molar-refractivity contribution in [3.8, 4) is 22.4 Å². The summed E-state index contributed by atoms with van der Waals surface area (Å²) < 4.78 is 20.8. The zero-order valence-electron chi connectivity index (χ0n) is 22.9. The Morgan fingerprint density at radius 1 is 0.625 bits per heavy atom. The smallest absolute Gasteiger partial charge is 0.123 e. The first-order chi connectivity index (χ1) is 19.7. The topological polar surface area (TPSA) is 58.6 Å². The van der Waals surface area contributed by atoms with E-state index in [1.807, 2.05) is 72.8 Å². The Kier molecular flexibility index (Phi) is 9.43. The fourth-order valence-electron chi connectivity index (χ4n) is 4.89. The third kappa shape index (κ3) is 6.88. The minimum absolute atomic E-state index is 0.265. The summed E-state index contributed by atoms with van der Waals surface area (Å²) in [7, 11) is 0. The van der Waals surface area contributed by atoms with E-state index in [4.69, 9.17) is 19.9 Å². The second-order valence-corrected chi connectivity index (χ2v) is 9.80. The van der Waals surface area contributed by atoms with Gasteiger partial charge < -0.3 is 24.5 Å². The van der Waals surface area contributed by atoms with Gasteiger partial charge in [0.15, 0.2) is 0 Å². The van der Waals surface area contributed by atoms with E-state index >= 15 is 0 Å². The highest BCUT2D eigenvalue weighted by Gasteiger charge is 2.22. The van der Waals surface area contributed by atoms with Crippen LogP contribution >= 0.6 is 0 Å². The van der Waals surface area contributed by atoms with Gasteiger partial charge in [0.1, 0.15) is 12.8 Å². The van der Waals surface area contributed by atoms with Crippen molar-refractivity contribution in [2.75, 3.05) is 18.9 Å². The van der Waals surface area contributed by atoms with Gasteiger partial charge in [0, 0.05) is 16.8 Å². The summed E-state index contributed by atoms with van der Waals surface area (Å²) >= 11 is 0. The normalized spacial score (nSPS) is 11.2. The molecule has 0 saturated heterocycles. The molecule has 0 atom stereocenters. The van der Waals surface area contributed by atoms with Crippen LogP contribution in [0.2, 0.25) is 0 Å². The molecule has 0 fully saturated rings. The second kappa shape index (κ2) is 13.8. The highest BCUT2D eigenvalue weighted by atomic mass is 16.6. The summed E-state index contributed by atoms with van der Waals surface area (Å²) in [5.41, 5.74) is 15.0. The third-order valence-corrected chi connectivity index (χ3v) is 6.94. The molecular weight excluding hydrogens is 496 g/mol. The molecule has 0 aliphatic rings. The molecule has 2 N–H and O–H groups in total. The molecule has 5 heteroatoms. The van der Waals surface area contributed by atoms with Crippen LogP contribution in [0.1, 0.15) is 16.8 Å². The maximum absolute atomic E-state index is 6.84. The number of aromatic nitrogens is 1. The monoisotopic (exact) mass is 532 g/mol. The minimum Gasteiger partial charge on any atom is -0.396 e. The molecule has 1 aromatic heterocycles. The van der Waals surface area contributed by atoms with Crippen molar-refractivity contribution in [1.29, 1.82) is 0 Å². The molecule has 40 heavy (non-hydrogen) atoms. The molecule has 1 heterocycles. The molecule has 0 unspecified atom stereocenters. The quantitative estimate of drug-likeness (QED) is 0.171. The average molecular weight is 533 g/mol. The fraction of sp³-hybridized carbons (Fsp3) is 0.200. The van der Waals surface area contributed by atoms with Gasteiger partial charge >= 0.3 is 0 Å². The van der Waals surface area contributed by atoms with Crippen molar-refractivity contribution in [2.24, 2.45) is 0 Å². The van der Waals surface area contributed by atoms with E-state index in [9.17, 15) is 0 Å². The molecule has 5 rings (SSSR count). The molecule has 0 aliphatic heterocycles. The minimum atomic E-state index is -0.265. The molecule has 5 aromatic rings. The standard InChI is InChI=1S/C35H36N2O3/c1-27-33(30-18-10-4-11-19-30)34(36)35(31-20-12-5-13-21-31)37(27)26-40-32(24-38-22-28-14-6-2-7-15-28)25-39-23-29-16-8-3-9-17-29/h2-21,32H,22-26,36H2,1H3. The number of rotatable bonds is 13. The summed E-state index contributed by atoms with van der Waals surface area (Å²) in [4.78, 5) is 0. The van der Waals surface area contributed by atoms with E-state index in [-0.39, 0.29) is 6.10 Å². The summed E-state index contributed by atoms with van der Waals surface area (Å²) in [5.74, 6) is 0. The summed E-state index contributed by atoms with van der Waals surface area (Å²) in [5, 5.41) is 0. The van der Waals surface area contributed by atoms with Gasteiger partial charge in [-0.2, -0.15) is 0 Å². The maximum atomic E-state index is 6.84. The molecule has 0 bridgehead atoms. The van der Waals surface area contributed by atoms with Crippen LogP contribution in [0.5, 0.6) is 0 Å². The lowest BCUT2D eigenvalue weighted by Crippen LogP contribution is -2.27. The van der Waals surface area contributed by atoms with E-state index in [1.54, 1.807) is 0 Å². The Bertz CT molecular complexity index is 1410. The van der Waals surface area contributed by atoms with E-state index in [2.05, 4.69) is 60.0 Å². The van der Waals surface area contributed by atoms with Gasteiger partial charge in [-0.3, -0.25) is 0 Å². The Hall–Kier alpha value is -4.16. The summed E-state index contributed by atoms with van der Waals surface area (Å²) in [6.07, 6.45) is -0.265. The molecule has 5 nitrogen and oxygen atoms in total. The van der Waals surface area contributed by atoms with Crippen LogP contribution in [0.4, 0.5) is 5.69 Å². The largest absolute Gasteiger partial charge is 0.396 e. The van der Waals surface area contributed by atoms with Gasteiger partial charge in [0.25, 0.3) is 0 Å². The van der Waals surface area contributed by atoms with Crippen molar-refractivity contribution in [2.45, 2.75) is 33.0 Å². The van der Waals surface area contributed by atoms with Crippen molar-refractivity contribution < 1.29 is 14.2 Å². The first-order valence-corrected chi connectivity index (χ1v) is 13.6. The van der Waals surface area contributed by atoms with Crippen LogP contribution < -0.4 is 5.73 Å². The van der Waals surface area contributed by atoms with Gasteiger partial charge in [-0.05, 0) is 23.6 Å². The van der Waals surface area contributed by atoms with Gasteiger partial charge in [-0.25, -0.2) is 0 Å². The van der Waals surface area contributed by atoms with E-state index in [1.165, 1.54) is 0 Å². The highest BCUT2D eigenvalue weighted by Crippen LogP contribution is 2.40. The number of nitrogens with zero attached hydrogens (tertiary/aromatic N) is 1. The lowest BCUT2D eigenvalue weighted by atomic mass is 10.0. The Labute approximate surface area is 236 Å². The zero-order chi connectivity index (χ0) is 27.6. The Morgan fingerprint density at radius 3 is 1.57 bits per heavy atom. The second-order valence-electron chi connectivity index (χ2n) is 9.80. The molecule has 204 valence electrons. The van der Waals surface area contributed by atoms with Crippen LogP contribution in [0.25, 0.3) is 22.4 Å². The molecule has 0 amide bonds. The van der Waals surface area contributed by atoms with Crippen molar-refractivity contribution in [3.63, 3.8) is 0 Å². The first-order valence-electron chi connectivity index (χ1n) is 13.6. The van der Waals surface area contributed by atoms with E-state index in [0.29, 0.717) is 33.2 Å². The molecule has 4 aromatic carbocycles. The number of nitrogen functional groups attached to an aromatic ring is 1. The Balaban J connectivity index is 1.36. The summed E-state index contributed by atoms with van der Waals surface area (Å²) in [6, 6.07) is 40.8. The molecule has 0 saturated carbocycles. The number of nitrogens with two attached hydrogens (primary N) is 1. The van der Waals surface area contributed by atoms with Gasteiger partial charge in [0.05, 0.1) is 37.8 Å². The predicted molar refractivity (Wildman–Crippen MR) is 162 cm³/mol. The number of anilines is 1. The van der Waals surface area contributed by atoms with Gasteiger partial charge in [-0.15, -0.1) is 0 Å². The van der Waals surface area contributed by atoms with Crippen molar-refractivity contribution >= 4 is 5.69 Å². The molecule has 0 aliphatic carbocycles. The predicted octanol–water partition coefficient (Wildman–Crippen LogP) is 7.49.